The molecule has 0 saturated heterocycles. The third-order valence-electron chi connectivity index (χ3n) is 4.74. The number of rotatable bonds is 1. The number of urea groups is 1. The van der Waals surface area contributed by atoms with Crippen LogP contribution in [0.25, 0.3) is 0 Å². The van der Waals surface area contributed by atoms with Gasteiger partial charge in [-0.05, 0) is 19.1 Å². The number of fused-ring (bicyclic) bond motifs is 3. The Labute approximate surface area is 146 Å². The summed E-state index contributed by atoms with van der Waals surface area (Å²) in [4.78, 5) is 29.2. The zero-order valence-corrected chi connectivity index (χ0v) is 14.2. The summed E-state index contributed by atoms with van der Waals surface area (Å²) in [7, 11) is 1.70. The number of ether oxygens (including phenoxy) is 1. The summed E-state index contributed by atoms with van der Waals surface area (Å²) < 4.78 is 6.12. The molecule has 1 atom stereocenters. The first-order valence-corrected chi connectivity index (χ1v) is 8.29. The standard InChI is InChI=1S/C19H19N3O3/c1-3-20-18(24)22-15-10-6-4-8-13(15)12-25-19(22)14-9-5-7-11-16(14)21(2)17(19)23/h4-11H,3,12H2,1-2H3,(H,20,24)/t19-/m0/s1. The number of likely N-dealkylation sites (N-methyl/N-ethyl adjacent to an activating group) is 1. The molecule has 0 bridgehead atoms. The van der Waals surface area contributed by atoms with E-state index in [0.29, 0.717) is 17.8 Å². The summed E-state index contributed by atoms with van der Waals surface area (Å²) >= 11 is 0. The number of hydrogen-bond acceptors (Lipinski definition) is 3. The molecule has 0 saturated carbocycles. The molecule has 0 radical (unpaired) electrons. The second kappa shape index (κ2) is 5.60. The van der Waals surface area contributed by atoms with Crippen LogP contribution in [0.2, 0.25) is 0 Å². The molecule has 0 aromatic heterocycles. The molecule has 1 spiro atoms. The number of para-hydroxylation sites is 2. The van der Waals surface area contributed by atoms with Crippen molar-refractivity contribution in [3.05, 3.63) is 59.7 Å². The zero-order valence-electron chi connectivity index (χ0n) is 14.2. The van der Waals surface area contributed by atoms with Gasteiger partial charge < -0.3 is 15.0 Å². The van der Waals surface area contributed by atoms with Crippen molar-refractivity contribution in [3.63, 3.8) is 0 Å². The molecule has 4 rings (SSSR count). The molecule has 2 aromatic carbocycles. The van der Waals surface area contributed by atoms with Crippen molar-refractivity contribution in [2.75, 3.05) is 23.4 Å². The predicted molar refractivity (Wildman–Crippen MR) is 94.3 cm³/mol. The highest BCUT2D eigenvalue weighted by Crippen LogP contribution is 2.49. The number of amides is 3. The molecule has 2 aliphatic heterocycles. The highest BCUT2D eigenvalue weighted by molar-refractivity contribution is 6.13. The van der Waals surface area contributed by atoms with Gasteiger partial charge in [-0.1, -0.05) is 36.4 Å². The first-order chi connectivity index (χ1) is 12.1. The molecule has 25 heavy (non-hydrogen) atoms. The van der Waals surface area contributed by atoms with Crippen LogP contribution in [0.4, 0.5) is 16.2 Å². The first kappa shape index (κ1) is 15.7. The lowest BCUT2D eigenvalue weighted by molar-refractivity contribution is -0.146. The Hall–Kier alpha value is -2.86. The van der Waals surface area contributed by atoms with Crippen molar-refractivity contribution in [1.82, 2.24) is 5.32 Å². The van der Waals surface area contributed by atoms with E-state index in [2.05, 4.69) is 5.32 Å². The van der Waals surface area contributed by atoms with Crippen LogP contribution >= 0.6 is 0 Å². The van der Waals surface area contributed by atoms with Gasteiger partial charge in [0.25, 0.3) is 11.6 Å². The van der Waals surface area contributed by atoms with Crippen LogP contribution < -0.4 is 15.1 Å². The lowest BCUT2D eigenvalue weighted by atomic mass is 9.98. The Morgan fingerprint density at radius 3 is 2.60 bits per heavy atom. The largest absolute Gasteiger partial charge is 0.338 e. The van der Waals surface area contributed by atoms with Crippen LogP contribution in [0.3, 0.4) is 0 Å². The number of nitrogens with one attached hydrogen (secondary N) is 1. The Bertz CT molecular complexity index is 866. The van der Waals surface area contributed by atoms with Crippen molar-refractivity contribution in [2.45, 2.75) is 19.3 Å². The normalized spacial score (nSPS) is 21.3. The SMILES string of the molecule is CCNC(=O)N1c2ccccc2CO[C@@]12C(=O)N(C)c1ccccc12. The maximum absolute atomic E-state index is 13.2. The van der Waals surface area contributed by atoms with E-state index in [9.17, 15) is 9.59 Å². The topological polar surface area (TPSA) is 61.9 Å². The van der Waals surface area contributed by atoms with Gasteiger partial charge in [0.2, 0.25) is 0 Å². The molecule has 6 heteroatoms. The second-order valence-electron chi connectivity index (χ2n) is 6.11. The van der Waals surface area contributed by atoms with Crippen LogP contribution in [0, 0.1) is 0 Å². The molecule has 128 valence electrons. The van der Waals surface area contributed by atoms with E-state index < -0.39 is 5.72 Å². The van der Waals surface area contributed by atoms with Crippen LogP contribution in [0.5, 0.6) is 0 Å². The monoisotopic (exact) mass is 337 g/mol. The van der Waals surface area contributed by atoms with Gasteiger partial charge in [0.05, 0.1) is 18.0 Å². The molecular weight excluding hydrogens is 318 g/mol. The van der Waals surface area contributed by atoms with Crippen molar-refractivity contribution in [1.29, 1.82) is 0 Å². The number of anilines is 2. The summed E-state index contributed by atoms with van der Waals surface area (Å²) in [5.74, 6) is -0.269. The first-order valence-electron chi connectivity index (χ1n) is 8.29. The summed E-state index contributed by atoms with van der Waals surface area (Å²) in [6, 6.07) is 14.6. The van der Waals surface area contributed by atoms with E-state index >= 15 is 0 Å². The van der Waals surface area contributed by atoms with E-state index in [0.717, 1.165) is 11.3 Å². The van der Waals surface area contributed by atoms with E-state index in [1.807, 2.05) is 55.5 Å². The van der Waals surface area contributed by atoms with Gasteiger partial charge in [0.1, 0.15) is 0 Å². The van der Waals surface area contributed by atoms with Crippen LogP contribution in [-0.2, 0) is 21.9 Å². The van der Waals surface area contributed by atoms with Gasteiger partial charge in [-0.15, -0.1) is 0 Å². The average Bonchev–Trinajstić information content (AvgIpc) is 2.85. The van der Waals surface area contributed by atoms with E-state index in [1.54, 1.807) is 11.9 Å². The highest BCUT2D eigenvalue weighted by atomic mass is 16.5. The van der Waals surface area contributed by atoms with Gasteiger partial charge in [-0.2, -0.15) is 0 Å². The average molecular weight is 337 g/mol. The minimum Gasteiger partial charge on any atom is -0.338 e. The quantitative estimate of drug-likeness (QED) is 0.870. The van der Waals surface area contributed by atoms with Crippen molar-refractivity contribution in [3.8, 4) is 0 Å². The predicted octanol–water partition coefficient (Wildman–Crippen LogP) is 2.58. The minimum atomic E-state index is -1.47. The highest BCUT2D eigenvalue weighted by Gasteiger charge is 2.59. The number of benzene rings is 2. The van der Waals surface area contributed by atoms with Crippen LogP contribution in [0.1, 0.15) is 18.1 Å². The lowest BCUT2D eigenvalue weighted by Crippen LogP contribution is -2.61. The van der Waals surface area contributed by atoms with Gasteiger partial charge >= 0.3 is 6.03 Å². The third-order valence-corrected chi connectivity index (χ3v) is 4.74. The Kier molecular flexibility index (Phi) is 3.51. The van der Waals surface area contributed by atoms with E-state index in [1.165, 1.54) is 4.90 Å². The van der Waals surface area contributed by atoms with Crippen LogP contribution in [-0.4, -0.2) is 25.5 Å². The molecule has 2 heterocycles. The smallest absolute Gasteiger partial charge is 0.324 e. The van der Waals surface area contributed by atoms with Crippen molar-refractivity contribution >= 4 is 23.3 Å². The lowest BCUT2D eigenvalue weighted by Gasteiger charge is -2.43. The van der Waals surface area contributed by atoms with Gasteiger partial charge in [-0.3, -0.25) is 9.69 Å². The molecule has 2 aliphatic rings. The van der Waals surface area contributed by atoms with Crippen molar-refractivity contribution in [2.24, 2.45) is 0 Å². The second-order valence-corrected chi connectivity index (χ2v) is 6.11. The fourth-order valence-corrected chi connectivity index (χ4v) is 3.61. The minimum absolute atomic E-state index is 0.264. The summed E-state index contributed by atoms with van der Waals surface area (Å²) in [6.45, 7) is 2.57. The fourth-order valence-electron chi connectivity index (χ4n) is 3.61. The third kappa shape index (κ3) is 2.01. The van der Waals surface area contributed by atoms with Gasteiger partial charge in [-0.25, -0.2) is 4.79 Å². The number of nitrogens with zero attached hydrogens (tertiary/aromatic N) is 2. The fraction of sp³-hybridized carbons (Fsp3) is 0.263. The molecule has 0 aliphatic carbocycles. The van der Waals surface area contributed by atoms with E-state index in [-0.39, 0.29) is 18.5 Å². The van der Waals surface area contributed by atoms with E-state index in [4.69, 9.17) is 4.74 Å². The number of hydrogen-bond donors (Lipinski definition) is 1. The Morgan fingerprint density at radius 2 is 1.84 bits per heavy atom. The summed E-state index contributed by atoms with van der Waals surface area (Å²) in [5.41, 5.74) is 1.53. The Balaban J connectivity index is 1.97. The number of carbonyl (C=O) groups is 2. The number of carbonyl (C=O) groups excluding carboxylic acids is 2. The van der Waals surface area contributed by atoms with Gasteiger partial charge in [0, 0.05) is 24.7 Å². The van der Waals surface area contributed by atoms with Crippen LogP contribution in [0.15, 0.2) is 48.5 Å². The molecular formula is C19H19N3O3. The molecule has 2 aromatic rings. The Morgan fingerprint density at radius 1 is 1.16 bits per heavy atom. The summed E-state index contributed by atoms with van der Waals surface area (Å²) in [6.07, 6.45) is 0. The van der Waals surface area contributed by atoms with Gasteiger partial charge in [0.15, 0.2) is 0 Å². The summed E-state index contributed by atoms with van der Waals surface area (Å²) in [5, 5.41) is 2.81. The van der Waals surface area contributed by atoms with Crippen molar-refractivity contribution < 1.29 is 14.3 Å². The molecule has 0 fully saturated rings. The molecule has 0 unspecified atom stereocenters. The zero-order chi connectivity index (χ0) is 17.6. The maximum atomic E-state index is 13.2. The molecule has 6 nitrogen and oxygen atoms in total. The maximum Gasteiger partial charge on any atom is 0.324 e. The molecule has 3 amide bonds. The molecule has 1 N–H and O–H groups in total.